The highest BCUT2D eigenvalue weighted by Gasteiger charge is 1.96. The molecule has 0 N–H and O–H groups in total. The first kappa shape index (κ1) is 12.7. The quantitative estimate of drug-likeness (QED) is 0.555. The second-order valence-electron chi connectivity index (χ2n) is 4.00. The molecule has 90 valence electrons. The minimum atomic E-state index is 0.0587. The molecular weight excluding hydrogens is 232 g/mol. The van der Waals surface area contributed by atoms with E-state index < -0.39 is 0 Å². The molecular formula is C18H12O. The Bertz CT molecular complexity index is 687. The van der Waals surface area contributed by atoms with E-state index in [9.17, 15) is 4.79 Å². The van der Waals surface area contributed by atoms with Gasteiger partial charge in [-0.3, -0.25) is 4.79 Å². The molecule has 0 saturated heterocycles. The van der Waals surface area contributed by atoms with E-state index in [1.165, 1.54) is 0 Å². The summed E-state index contributed by atoms with van der Waals surface area (Å²) in [5.74, 6) is 11.6. The summed E-state index contributed by atoms with van der Waals surface area (Å²) in [5.41, 5.74) is 2.50. The fraction of sp³-hybridized carbons (Fsp3) is 0.0556. The van der Waals surface area contributed by atoms with Gasteiger partial charge in [-0.25, -0.2) is 0 Å². The van der Waals surface area contributed by atoms with Crippen molar-refractivity contribution in [1.82, 2.24) is 0 Å². The first-order valence-corrected chi connectivity index (χ1v) is 5.94. The van der Waals surface area contributed by atoms with Crippen LogP contribution in [0.3, 0.4) is 0 Å². The predicted octanol–water partition coefficient (Wildman–Crippen LogP) is 3.29. The second kappa shape index (κ2) is 6.24. The molecule has 0 aliphatic heterocycles. The molecule has 0 aromatic heterocycles. The van der Waals surface area contributed by atoms with Crippen molar-refractivity contribution >= 4 is 5.78 Å². The van der Waals surface area contributed by atoms with Gasteiger partial charge in [-0.2, -0.15) is 0 Å². The van der Waals surface area contributed by atoms with Gasteiger partial charge in [0.2, 0.25) is 0 Å². The Balaban J connectivity index is 2.09. The Labute approximate surface area is 113 Å². The van der Waals surface area contributed by atoms with Crippen molar-refractivity contribution in [3.63, 3.8) is 0 Å². The van der Waals surface area contributed by atoms with Crippen molar-refractivity contribution in [3.8, 4) is 23.7 Å². The van der Waals surface area contributed by atoms with Crippen molar-refractivity contribution in [1.29, 1.82) is 0 Å². The summed E-state index contributed by atoms with van der Waals surface area (Å²) >= 11 is 0. The Morgan fingerprint density at radius 1 is 0.789 bits per heavy atom. The van der Waals surface area contributed by atoms with Crippen LogP contribution in [0.5, 0.6) is 0 Å². The van der Waals surface area contributed by atoms with E-state index in [1.54, 1.807) is 19.1 Å². The maximum absolute atomic E-state index is 11.1. The smallest absolute Gasteiger partial charge is 0.159 e. The van der Waals surface area contributed by atoms with Crippen LogP contribution in [-0.4, -0.2) is 5.78 Å². The van der Waals surface area contributed by atoms with E-state index in [-0.39, 0.29) is 5.78 Å². The minimum absolute atomic E-state index is 0.0587. The molecule has 0 bridgehead atoms. The minimum Gasteiger partial charge on any atom is -0.295 e. The third kappa shape index (κ3) is 3.87. The molecule has 0 amide bonds. The Kier molecular flexibility index (Phi) is 4.17. The SMILES string of the molecule is CC(=O)c1ccc(C#CC#Cc2ccccc2)cc1. The molecule has 1 nitrogen and oxygen atoms in total. The predicted molar refractivity (Wildman–Crippen MR) is 76.6 cm³/mol. The normalized spacial score (nSPS) is 8.68. The molecule has 2 aromatic rings. The number of hydrogen-bond acceptors (Lipinski definition) is 1. The lowest BCUT2D eigenvalue weighted by Gasteiger charge is -1.93. The number of benzene rings is 2. The van der Waals surface area contributed by atoms with Gasteiger partial charge in [-0.05, 0) is 43.0 Å². The van der Waals surface area contributed by atoms with Gasteiger partial charge in [-0.15, -0.1) is 0 Å². The van der Waals surface area contributed by atoms with Gasteiger partial charge in [0.15, 0.2) is 5.78 Å². The average molecular weight is 244 g/mol. The molecule has 0 heterocycles. The summed E-state index contributed by atoms with van der Waals surface area (Å²) in [6.45, 7) is 1.55. The first-order valence-electron chi connectivity index (χ1n) is 5.94. The lowest BCUT2D eigenvalue weighted by molar-refractivity contribution is 0.101. The van der Waals surface area contributed by atoms with Crippen LogP contribution in [0.4, 0.5) is 0 Å². The molecule has 2 rings (SSSR count). The van der Waals surface area contributed by atoms with Crippen molar-refractivity contribution in [3.05, 3.63) is 71.3 Å². The van der Waals surface area contributed by atoms with Crippen LogP contribution in [0.15, 0.2) is 54.6 Å². The van der Waals surface area contributed by atoms with E-state index in [4.69, 9.17) is 0 Å². The van der Waals surface area contributed by atoms with E-state index >= 15 is 0 Å². The van der Waals surface area contributed by atoms with Gasteiger partial charge in [-0.1, -0.05) is 42.2 Å². The van der Waals surface area contributed by atoms with Gasteiger partial charge in [0, 0.05) is 16.7 Å². The number of carbonyl (C=O) groups is 1. The van der Waals surface area contributed by atoms with E-state index in [0.717, 1.165) is 11.1 Å². The number of hydrogen-bond donors (Lipinski definition) is 0. The van der Waals surface area contributed by atoms with Crippen LogP contribution in [0.25, 0.3) is 0 Å². The molecule has 0 saturated carbocycles. The Morgan fingerprint density at radius 3 is 1.84 bits per heavy atom. The molecule has 0 unspecified atom stereocenters. The Hall–Kier alpha value is -2.77. The van der Waals surface area contributed by atoms with Crippen LogP contribution in [0.1, 0.15) is 28.4 Å². The summed E-state index contributed by atoms with van der Waals surface area (Å²) in [4.78, 5) is 11.1. The lowest BCUT2D eigenvalue weighted by Crippen LogP contribution is -1.90. The summed E-state index contributed by atoms with van der Waals surface area (Å²) in [7, 11) is 0. The van der Waals surface area contributed by atoms with Gasteiger partial charge in [0.25, 0.3) is 0 Å². The van der Waals surface area contributed by atoms with Crippen LogP contribution < -0.4 is 0 Å². The highest BCUT2D eigenvalue weighted by atomic mass is 16.1. The van der Waals surface area contributed by atoms with Crippen LogP contribution in [0, 0.1) is 23.7 Å². The molecule has 0 radical (unpaired) electrons. The number of ketones is 1. The molecule has 0 atom stereocenters. The highest BCUT2D eigenvalue weighted by molar-refractivity contribution is 5.94. The maximum atomic E-state index is 11.1. The topological polar surface area (TPSA) is 17.1 Å². The first-order chi connectivity index (χ1) is 9.25. The summed E-state index contributed by atoms with van der Waals surface area (Å²) in [6.07, 6.45) is 0. The van der Waals surface area contributed by atoms with Crippen LogP contribution >= 0.6 is 0 Å². The molecule has 0 aliphatic carbocycles. The largest absolute Gasteiger partial charge is 0.295 e. The van der Waals surface area contributed by atoms with E-state index in [1.807, 2.05) is 42.5 Å². The molecule has 0 fully saturated rings. The van der Waals surface area contributed by atoms with E-state index in [0.29, 0.717) is 5.56 Å². The van der Waals surface area contributed by atoms with Crippen molar-refractivity contribution < 1.29 is 4.79 Å². The summed E-state index contributed by atoms with van der Waals surface area (Å²) < 4.78 is 0. The zero-order valence-electron chi connectivity index (χ0n) is 10.6. The monoisotopic (exact) mass is 244 g/mol. The zero-order chi connectivity index (χ0) is 13.5. The maximum Gasteiger partial charge on any atom is 0.159 e. The molecule has 1 heteroatoms. The third-order valence-corrected chi connectivity index (χ3v) is 2.54. The Morgan fingerprint density at radius 2 is 1.32 bits per heavy atom. The molecule has 0 aliphatic rings. The lowest BCUT2D eigenvalue weighted by atomic mass is 10.1. The summed E-state index contributed by atoms with van der Waals surface area (Å²) in [5, 5.41) is 0. The van der Waals surface area contributed by atoms with Crippen molar-refractivity contribution in [2.75, 3.05) is 0 Å². The van der Waals surface area contributed by atoms with Gasteiger partial charge < -0.3 is 0 Å². The molecule has 0 spiro atoms. The van der Waals surface area contributed by atoms with Crippen molar-refractivity contribution in [2.45, 2.75) is 6.92 Å². The fourth-order valence-electron chi connectivity index (χ4n) is 1.52. The van der Waals surface area contributed by atoms with Crippen molar-refractivity contribution in [2.24, 2.45) is 0 Å². The van der Waals surface area contributed by atoms with Gasteiger partial charge in [0.05, 0.1) is 0 Å². The van der Waals surface area contributed by atoms with E-state index in [2.05, 4.69) is 23.7 Å². The summed E-state index contributed by atoms with van der Waals surface area (Å²) in [6, 6.07) is 16.9. The van der Waals surface area contributed by atoms with Crippen LogP contribution in [0.2, 0.25) is 0 Å². The zero-order valence-corrected chi connectivity index (χ0v) is 10.6. The third-order valence-electron chi connectivity index (χ3n) is 2.54. The number of Topliss-reactive ketones (excluding diaryl/α,β-unsaturated/α-hetero) is 1. The highest BCUT2D eigenvalue weighted by Crippen LogP contribution is 2.03. The number of rotatable bonds is 1. The standard InChI is InChI=1S/C18H12O/c1-15(19)18-13-11-17(12-14-18)10-6-5-9-16-7-3-2-4-8-16/h2-4,7-8,11-14H,1H3. The number of carbonyl (C=O) groups excluding carboxylic acids is 1. The van der Waals surface area contributed by atoms with Crippen LogP contribution in [-0.2, 0) is 0 Å². The second-order valence-corrected chi connectivity index (χ2v) is 4.00. The van der Waals surface area contributed by atoms with Gasteiger partial charge in [0.1, 0.15) is 0 Å². The average Bonchev–Trinajstić information content (AvgIpc) is 2.45. The molecule has 2 aromatic carbocycles. The fourth-order valence-corrected chi connectivity index (χ4v) is 1.52. The van der Waals surface area contributed by atoms with Gasteiger partial charge >= 0.3 is 0 Å². The molecule has 19 heavy (non-hydrogen) atoms.